The number of carbonyl (C=O) groups excluding carboxylic acids is 1. The van der Waals surface area contributed by atoms with E-state index in [1.807, 2.05) is 0 Å². The SMILES string of the molecule is NC(=O)CCS(=O)(=O)c1ccc(Cl)c(C(=O)O)c1. The van der Waals surface area contributed by atoms with Gasteiger partial charge in [-0.2, -0.15) is 0 Å². The van der Waals surface area contributed by atoms with Gasteiger partial charge in [0, 0.05) is 6.42 Å². The highest BCUT2D eigenvalue weighted by molar-refractivity contribution is 7.91. The lowest BCUT2D eigenvalue weighted by Gasteiger charge is -2.05. The van der Waals surface area contributed by atoms with Crippen molar-refractivity contribution in [1.29, 1.82) is 0 Å². The lowest BCUT2D eigenvalue weighted by atomic mass is 10.2. The third-order valence-corrected chi connectivity index (χ3v) is 4.19. The Balaban J connectivity index is 3.14. The molecular formula is C10H10ClNO5S. The van der Waals surface area contributed by atoms with Crippen LogP contribution in [0.5, 0.6) is 0 Å². The zero-order chi connectivity index (χ0) is 13.9. The van der Waals surface area contributed by atoms with Gasteiger partial charge in [0.2, 0.25) is 5.91 Å². The van der Waals surface area contributed by atoms with Crippen LogP contribution in [0.15, 0.2) is 23.1 Å². The van der Waals surface area contributed by atoms with Crippen LogP contribution in [0, 0.1) is 0 Å². The number of amides is 1. The van der Waals surface area contributed by atoms with E-state index in [4.69, 9.17) is 22.4 Å². The zero-order valence-electron chi connectivity index (χ0n) is 9.09. The molecule has 1 aromatic rings. The first kappa shape index (κ1) is 14.5. The van der Waals surface area contributed by atoms with E-state index < -0.39 is 27.5 Å². The van der Waals surface area contributed by atoms with Crippen LogP contribution >= 0.6 is 11.6 Å². The fourth-order valence-electron chi connectivity index (χ4n) is 1.21. The van der Waals surface area contributed by atoms with E-state index in [0.717, 1.165) is 6.07 Å². The fourth-order valence-corrected chi connectivity index (χ4v) is 2.69. The van der Waals surface area contributed by atoms with Gasteiger partial charge in [0.1, 0.15) is 0 Å². The minimum Gasteiger partial charge on any atom is -0.478 e. The predicted molar refractivity (Wildman–Crippen MR) is 64.3 cm³/mol. The Hall–Kier alpha value is -1.60. The molecule has 0 aliphatic rings. The maximum atomic E-state index is 11.8. The van der Waals surface area contributed by atoms with Crippen molar-refractivity contribution >= 4 is 33.3 Å². The van der Waals surface area contributed by atoms with Crippen LogP contribution in [-0.4, -0.2) is 31.2 Å². The molecule has 0 spiro atoms. The number of carboxylic acids is 1. The van der Waals surface area contributed by atoms with Crippen LogP contribution in [-0.2, 0) is 14.6 Å². The number of halogens is 1. The molecule has 0 heterocycles. The van der Waals surface area contributed by atoms with Crippen molar-refractivity contribution in [3.8, 4) is 0 Å². The topological polar surface area (TPSA) is 115 Å². The van der Waals surface area contributed by atoms with Gasteiger partial charge >= 0.3 is 5.97 Å². The van der Waals surface area contributed by atoms with E-state index in [2.05, 4.69) is 0 Å². The van der Waals surface area contributed by atoms with Crippen LogP contribution < -0.4 is 5.73 Å². The normalized spacial score (nSPS) is 11.2. The Kier molecular flexibility index (Phi) is 4.31. The van der Waals surface area contributed by atoms with Crippen molar-refractivity contribution in [2.45, 2.75) is 11.3 Å². The Labute approximate surface area is 108 Å². The molecule has 98 valence electrons. The summed E-state index contributed by atoms with van der Waals surface area (Å²) in [5.74, 6) is -2.54. The van der Waals surface area contributed by atoms with Gasteiger partial charge in [0.15, 0.2) is 9.84 Å². The van der Waals surface area contributed by atoms with Crippen LogP contribution in [0.2, 0.25) is 5.02 Å². The lowest BCUT2D eigenvalue weighted by Crippen LogP contribution is -2.17. The minimum atomic E-state index is -3.75. The van der Waals surface area contributed by atoms with Crippen LogP contribution in [0.4, 0.5) is 0 Å². The summed E-state index contributed by atoms with van der Waals surface area (Å²) >= 11 is 5.62. The molecule has 1 aromatic carbocycles. The second-order valence-corrected chi connectivity index (χ2v) is 6.00. The largest absolute Gasteiger partial charge is 0.478 e. The Morgan fingerprint density at radius 1 is 1.33 bits per heavy atom. The van der Waals surface area contributed by atoms with Gasteiger partial charge in [-0.05, 0) is 18.2 Å². The molecule has 6 nitrogen and oxygen atoms in total. The summed E-state index contributed by atoms with van der Waals surface area (Å²) in [6, 6.07) is 3.33. The van der Waals surface area contributed by atoms with Gasteiger partial charge in [-0.3, -0.25) is 4.79 Å². The molecule has 0 saturated heterocycles. The van der Waals surface area contributed by atoms with Gasteiger partial charge < -0.3 is 10.8 Å². The minimum absolute atomic E-state index is 0.0589. The lowest BCUT2D eigenvalue weighted by molar-refractivity contribution is -0.117. The summed E-state index contributed by atoms with van der Waals surface area (Å²) in [4.78, 5) is 21.2. The highest BCUT2D eigenvalue weighted by atomic mass is 35.5. The molecule has 3 N–H and O–H groups in total. The average molecular weight is 292 g/mol. The second kappa shape index (κ2) is 5.36. The third-order valence-electron chi connectivity index (χ3n) is 2.14. The van der Waals surface area contributed by atoms with Crippen LogP contribution in [0.25, 0.3) is 0 Å². The zero-order valence-corrected chi connectivity index (χ0v) is 10.7. The average Bonchev–Trinajstić information content (AvgIpc) is 2.26. The van der Waals surface area contributed by atoms with Crippen molar-refractivity contribution in [3.05, 3.63) is 28.8 Å². The molecular weight excluding hydrogens is 282 g/mol. The molecule has 0 fully saturated rings. The van der Waals surface area contributed by atoms with Crippen molar-refractivity contribution in [3.63, 3.8) is 0 Å². The highest BCUT2D eigenvalue weighted by Gasteiger charge is 2.19. The van der Waals surface area contributed by atoms with E-state index in [1.165, 1.54) is 12.1 Å². The Morgan fingerprint density at radius 2 is 1.94 bits per heavy atom. The van der Waals surface area contributed by atoms with E-state index in [-0.39, 0.29) is 21.9 Å². The second-order valence-electron chi connectivity index (χ2n) is 3.48. The van der Waals surface area contributed by atoms with E-state index in [1.54, 1.807) is 0 Å². The van der Waals surface area contributed by atoms with Crippen LogP contribution in [0.3, 0.4) is 0 Å². The number of rotatable bonds is 5. The summed E-state index contributed by atoms with van der Waals surface area (Å²) in [6.45, 7) is 0. The van der Waals surface area contributed by atoms with Crippen molar-refractivity contribution in [2.75, 3.05) is 5.75 Å². The molecule has 0 radical (unpaired) electrons. The Morgan fingerprint density at radius 3 is 2.44 bits per heavy atom. The molecule has 8 heteroatoms. The Bertz CT molecular complexity index is 596. The first-order valence-electron chi connectivity index (χ1n) is 4.78. The first-order chi connectivity index (χ1) is 8.24. The van der Waals surface area contributed by atoms with Crippen molar-refractivity contribution in [1.82, 2.24) is 0 Å². The molecule has 0 unspecified atom stereocenters. The third kappa shape index (κ3) is 3.44. The molecule has 0 aliphatic heterocycles. The molecule has 0 bridgehead atoms. The standard InChI is InChI=1S/C10H10ClNO5S/c11-8-2-1-6(5-7(8)10(14)15)18(16,17)4-3-9(12)13/h1-2,5H,3-4H2,(H2,12,13)(H,14,15). The number of aromatic carboxylic acids is 1. The quantitative estimate of drug-likeness (QED) is 0.828. The van der Waals surface area contributed by atoms with Crippen molar-refractivity contribution < 1.29 is 23.1 Å². The first-order valence-corrected chi connectivity index (χ1v) is 6.81. The molecule has 0 saturated carbocycles. The molecule has 1 rings (SSSR count). The maximum Gasteiger partial charge on any atom is 0.337 e. The number of sulfone groups is 1. The number of nitrogens with two attached hydrogens (primary N) is 1. The summed E-state index contributed by atoms with van der Waals surface area (Å²) in [6.07, 6.45) is -0.326. The number of carbonyl (C=O) groups is 2. The smallest absolute Gasteiger partial charge is 0.337 e. The van der Waals surface area contributed by atoms with Gasteiger partial charge in [0.25, 0.3) is 0 Å². The molecule has 1 amide bonds. The monoisotopic (exact) mass is 291 g/mol. The molecule has 18 heavy (non-hydrogen) atoms. The number of hydrogen-bond donors (Lipinski definition) is 2. The molecule has 0 atom stereocenters. The van der Waals surface area contributed by atoms with Crippen LogP contribution in [0.1, 0.15) is 16.8 Å². The number of primary amides is 1. The van der Waals surface area contributed by atoms with Gasteiger partial charge in [-0.25, -0.2) is 13.2 Å². The molecule has 0 aliphatic carbocycles. The molecule has 0 aromatic heterocycles. The summed E-state index contributed by atoms with van der Waals surface area (Å²) in [5.41, 5.74) is 4.55. The summed E-state index contributed by atoms with van der Waals surface area (Å²) in [5, 5.41) is 8.76. The van der Waals surface area contributed by atoms with Crippen molar-refractivity contribution in [2.24, 2.45) is 5.73 Å². The van der Waals surface area contributed by atoms with E-state index in [9.17, 15) is 18.0 Å². The summed E-state index contributed by atoms with van der Waals surface area (Å²) in [7, 11) is -3.75. The number of hydrogen-bond acceptors (Lipinski definition) is 4. The number of benzene rings is 1. The highest BCUT2D eigenvalue weighted by Crippen LogP contribution is 2.21. The number of carboxylic acid groups (broad SMARTS) is 1. The van der Waals surface area contributed by atoms with E-state index in [0.29, 0.717) is 0 Å². The fraction of sp³-hybridized carbons (Fsp3) is 0.200. The van der Waals surface area contributed by atoms with Gasteiger partial charge in [-0.1, -0.05) is 11.6 Å². The predicted octanol–water partition coefficient (Wildman–Crippen LogP) is 0.687. The maximum absolute atomic E-state index is 11.8. The van der Waals surface area contributed by atoms with E-state index >= 15 is 0 Å². The van der Waals surface area contributed by atoms with Gasteiger partial charge in [0.05, 0.1) is 21.2 Å². The van der Waals surface area contributed by atoms with Gasteiger partial charge in [-0.15, -0.1) is 0 Å². The summed E-state index contributed by atoms with van der Waals surface area (Å²) < 4.78 is 23.6.